The highest BCUT2D eigenvalue weighted by molar-refractivity contribution is 7.40. The van der Waals surface area contributed by atoms with Crippen molar-refractivity contribution < 1.29 is 38.0 Å². The monoisotopic (exact) mass is 830 g/mol. The predicted octanol–water partition coefficient (Wildman–Crippen LogP) is 9.03. The molecule has 0 saturated carbocycles. The molecular formula is C43H68FN6O7P. The molecule has 1 aromatic carbocycles. The van der Waals surface area contributed by atoms with Gasteiger partial charge in [-0.1, -0.05) is 110 Å². The second-order valence-electron chi connectivity index (χ2n) is 15.9. The average Bonchev–Trinajstić information content (AvgIpc) is 3.82. The third kappa shape index (κ3) is 19.3. The summed E-state index contributed by atoms with van der Waals surface area (Å²) in [5.74, 6) is -1.56. The summed E-state index contributed by atoms with van der Waals surface area (Å²) in [7, 11) is -2.32. The van der Waals surface area contributed by atoms with Crippen LogP contribution in [0, 0.1) is 28.5 Å². The van der Waals surface area contributed by atoms with Crippen LogP contribution in [0.15, 0.2) is 35.3 Å². The smallest absolute Gasteiger partial charge is 0.330 e. The van der Waals surface area contributed by atoms with E-state index >= 15 is 0 Å². The quantitative estimate of drug-likeness (QED) is 0.0327. The van der Waals surface area contributed by atoms with Gasteiger partial charge in [-0.3, -0.25) is 4.68 Å². The van der Waals surface area contributed by atoms with Crippen molar-refractivity contribution in [3.63, 3.8) is 0 Å². The number of nitrogens with zero attached hydrogens (tertiary/aromatic N) is 4. The Balaban J connectivity index is 0.00000169. The van der Waals surface area contributed by atoms with Gasteiger partial charge in [-0.2, -0.15) is 10.5 Å². The summed E-state index contributed by atoms with van der Waals surface area (Å²) in [6, 6.07) is 12.1. The molecular weight excluding hydrogens is 762 g/mol. The highest BCUT2D eigenvalue weighted by atomic mass is 31.2. The lowest BCUT2D eigenvalue weighted by Crippen LogP contribution is -2.34. The van der Waals surface area contributed by atoms with Crippen molar-refractivity contribution in [3.05, 3.63) is 58.7 Å². The van der Waals surface area contributed by atoms with Gasteiger partial charge >= 0.3 is 8.60 Å². The molecule has 2 aliphatic rings. The fourth-order valence-electron chi connectivity index (χ4n) is 7.03. The number of benzene rings is 1. The molecule has 2 aromatic rings. The van der Waals surface area contributed by atoms with Crippen molar-refractivity contribution in [1.29, 1.82) is 10.5 Å². The van der Waals surface area contributed by atoms with Crippen LogP contribution in [0.4, 0.5) is 4.39 Å². The number of nitriles is 2. The number of nitrogens with one attached hydrogen (secondary N) is 1. The number of nitrogens with two attached hydrogens (primary N) is 1. The molecule has 15 heteroatoms. The summed E-state index contributed by atoms with van der Waals surface area (Å²) in [6.45, 7) is 5.22. The molecule has 0 radical (unpaired) electrons. The molecule has 13 nitrogen and oxygen atoms in total. The highest BCUT2D eigenvalue weighted by Gasteiger charge is 2.43. The largest absolute Gasteiger partial charge is 0.382 e. The Hall–Kier alpha value is -3.17. The Labute approximate surface area is 346 Å². The van der Waals surface area contributed by atoms with E-state index < -0.39 is 25.8 Å². The fourth-order valence-corrected chi connectivity index (χ4v) is 7.71. The molecule has 4 unspecified atom stereocenters. The summed E-state index contributed by atoms with van der Waals surface area (Å²) in [4.78, 5) is 14.9. The molecule has 0 spiro atoms. The summed E-state index contributed by atoms with van der Waals surface area (Å²) in [5.41, 5.74) is 10.3. The Morgan fingerprint density at radius 2 is 1.59 bits per heavy atom. The molecule has 0 amide bonds. The van der Waals surface area contributed by atoms with Gasteiger partial charge in [0.05, 0.1) is 43.3 Å². The number of fused-ring (bicyclic) bond motifs is 1. The molecule has 4 rings (SSSR count). The van der Waals surface area contributed by atoms with Crippen LogP contribution < -0.4 is 11.2 Å². The number of halogens is 1. The minimum atomic E-state index is -2.32. The van der Waals surface area contributed by atoms with Crippen LogP contribution in [-0.2, 0) is 25.1 Å². The van der Waals surface area contributed by atoms with Crippen LogP contribution in [-0.4, -0.2) is 63.0 Å². The zero-order valence-electron chi connectivity index (χ0n) is 35.0. The van der Waals surface area contributed by atoms with Crippen molar-refractivity contribution in [2.45, 2.75) is 173 Å². The average molecular weight is 831 g/mol. The summed E-state index contributed by atoms with van der Waals surface area (Å²) in [6.07, 6.45) is 21.5. The minimum Gasteiger partial charge on any atom is -0.382 e. The first-order valence-electron chi connectivity index (χ1n) is 21.2. The first-order chi connectivity index (χ1) is 27.9. The van der Waals surface area contributed by atoms with Crippen molar-refractivity contribution in [3.8, 4) is 12.1 Å². The van der Waals surface area contributed by atoms with Gasteiger partial charge in [0.1, 0.15) is 36.2 Å². The van der Waals surface area contributed by atoms with Gasteiger partial charge in [-0.25, -0.2) is 9.38 Å². The van der Waals surface area contributed by atoms with Gasteiger partial charge in [-0.15, -0.1) is 0 Å². The van der Waals surface area contributed by atoms with Crippen LogP contribution in [0.1, 0.15) is 171 Å². The number of aliphatic imine (C=N–C) groups is 1. The maximum absolute atomic E-state index is 14.1. The van der Waals surface area contributed by atoms with E-state index in [9.17, 15) is 19.8 Å². The lowest BCUT2D eigenvalue weighted by atomic mass is 10.0. The van der Waals surface area contributed by atoms with Gasteiger partial charge in [0.15, 0.2) is 11.4 Å². The van der Waals surface area contributed by atoms with Crippen molar-refractivity contribution in [2.75, 3.05) is 25.3 Å². The number of aliphatic hydroxyl groups is 2. The van der Waals surface area contributed by atoms with Crippen molar-refractivity contribution in [2.24, 2.45) is 10.7 Å². The normalized spacial score (nSPS) is 18.6. The van der Waals surface area contributed by atoms with E-state index in [1.807, 2.05) is 22.9 Å². The van der Waals surface area contributed by atoms with Gasteiger partial charge in [0, 0.05) is 0 Å². The molecule has 1 saturated heterocycles. The van der Waals surface area contributed by atoms with Crippen LogP contribution >= 0.6 is 8.60 Å². The molecule has 6 N–H and O–H groups in total. The molecule has 2 aliphatic heterocycles. The summed E-state index contributed by atoms with van der Waals surface area (Å²) < 4.78 is 39.6. The molecule has 58 heavy (non-hydrogen) atoms. The van der Waals surface area contributed by atoms with Gasteiger partial charge in [0.2, 0.25) is 0 Å². The second-order valence-corrected chi connectivity index (χ2v) is 16.9. The number of amidine groups is 1. The Morgan fingerprint density at radius 1 is 0.983 bits per heavy atom. The molecule has 3 heterocycles. The first kappa shape index (κ1) is 49.2. The molecule has 0 aliphatic carbocycles. The maximum Gasteiger partial charge on any atom is 0.330 e. The number of unbranched alkanes of at least 4 members (excludes halogenated alkanes) is 15. The number of rotatable bonds is 27. The van der Waals surface area contributed by atoms with Crippen molar-refractivity contribution >= 4 is 14.4 Å². The first-order valence-corrected chi connectivity index (χ1v) is 22.3. The SMILES string of the molecule is CC(C)(O)O.CCCCCCCCCCCCCCCCCCC(COP(O)OCC1(C#N)CCC(c2ccc3n2NCN=C3N)O1)OCc1cc(F)cc(C#N)c1. The van der Waals surface area contributed by atoms with E-state index in [1.165, 1.54) is 109 Å². The lowest BCUT2D eigenvalue weighted by Gasteiger charge is -2.25. The van der Waals surface area contributed by atoms with Crippen LogP contribution in [0.2, 0.25) is 0 Å². The predicted molar refractivity (Wildman–Crippen MR) is 224 cm³/mol. The van der Waals surface area contributed by atoms with Gasteiger partial charge in [-0.05, 0) is 69.0 Å². The van der Waals surface area contributed by atoms with Gasteiger partial charge < -0.3 is 44.8 Å². The third-order valence-corrected chi connectivity index (χ3v) is 10.8. The third-order valence-electron chi connectivity index (χ3n) is 10.1. The van der Waals surface area contributed by atoms with Crippen LogP contribution in [0.5, 0.6) is 0 Å². The zero-order chi connectivity index (χ0) is 42.2. The Bertz CT molecular complexity index is 1590. The molecule has 324 valence electrons. The number of hydrogen-bond donors (Lipinski definition) is 5. The summed E-state index contributed by atoms with van der Waals surface area (Å²) in [5, 5.41) is 35.4. The topological polar surface area (TPSA) is 201 Å². The van der Waals surface area contributed by atoms with E-state index in [-0.39, 0.29) is 37.6 Å². The number of hydrogen-bond acceptors (Lipinski definition) is 12. The maximum atomic E-state index is 14.1. The molecule has 4 atom stereocenters. The Kier molecular flexibility index (Phi) is 22.8. The van der Waals surface area contributed by atoms with E-state index in [1.54, 1.807) is 6.07 Å². The number of ether oxygens (including phenoxy) is 2. The van der Waals surface area contributed by atoms with E-state index in [4.69, 9.17) is 34.5 Å². The van der Waals surface area contributed by atoms with Crippen LogP contribution in [0.3, 0.4) is 0 Å². The fraction of sp³-hybridized carbons (Fsp3) is 0.698. The van der Waals surface area contributed by atoms with Crippen LogP contribution in [0.25, 0.3) is 0 Å². The molecule has 0 bridgehead atoms. The standard InChI is InChI=1S/C40H60FN6O5P.C3H8O2/c1-2-3-4-5-6-7-8-9-10-11-12-13-14-15-16-17-18-35(49-27-33-23-32(26-42)24-34(41)25-33)28-50-53(48)51-30-40(29-43)22-21-38(52-40)36-19-20-37-39(44)45-31-46-47(36)37;1-3(2,4)5/h19-20,23-25,35,38,46,48H,2-18,21-22,27-28,30-31H2,1H3,(H2,44,45);4-5H,1-2H3. The van der Waals surface area contributed by atoms with E-state index in [0.717, 1.165) is 30.7 Å². The zero-order valence-corrected chi connectivity index (χ0v) is 35.9. The molecule has 1 aromatic heterocycles. The van der Waals surface area contributed by atoms with E-state index in [0.29, 0.717) is 37.3 Å². The van der Waals surface area contributed by atoms with Gasteiger partial charge in [0.25, 0.3) is 0 Å². The lowest BCUT2D eigenvalue weighted by molar-refractivity contribution is -0.127. The minimum absolute atomic E-state index is 0.0648. The second kappa shape index (κ2) is 26.8. The van der Waals surface area contributed by atoms with E-state index in [2.05, 4.69) is 23.4 Å². The summed E-state index contributed by atoms with van der Waals surface area (Å²) >= 11 is 0. The highest BCUT2D eigenvalue weighted by Crippen LogP contribution is 2.43. The number of aromatic nitrogens is 1. The molecule has 1 fully saturated rings. The van der Waals surface area contributed by atoms with Crippen molar-refractivity contribution in [1.82, 2.24) is 4.68 Å². The Morgan fingerprint density at radius 3 is 2.17 bits per heavy atom.